The molecule has 1 aromatic carbocycles. The van der Waals surface area contributed by atoms with Gasteiger partial charge in [0, 0.05) is 40.5 Å². The fourth-order valence-corrected chi connectivity index (χ4v) is 3.59. The van der Waals surface area contributed by atoms with Crippen LogP contribution in [0.25, 0.3) is 5.13 Å². The van der Waals surface area contributed by atoms with E-state index in [1.54, 1.807) is 30.5 Å². The average Bonchev–Trinajstić information content (AvgIpc) is 3.27. The summed E-state index contributed by atoms with van der Waals surface area (Å²) in [5.74, 6) is 0.566. The summed E-state index contributed by atoms with van der Waals surface area (Å²) in [5.41, 5.74) is 3.10. The van der Waals surface area contributed by atoms with Gasteiger partial charge in [-0.2, -0.15) is 0 Å². The molecule has 0 fully saturated rings. The van der Waals surface area contributed by atoms with Gasteiger partial charge in [-0.1, -0.05) is 6.92 Å². The van der Waals surface area contributed by atoms with Crippen molar-refractivity contribution in [1.82, 2.24) is 9.55 Å². The highest BCUT2D eigenvalue weighted by Gasteiger charge is 2.18. The molecule has 0 aliphatic rings. The predicted molar refractivity (Wildman–Crippen MR) is 102 cm³/mol. The van der Waals surface area contributed by atoms with Crippen molar-refractivity contribution in [3.8, 4) is 10.9 Å². The number of nitrogens with zero attached hydrogens (tertiary/aromatic N) is 2. The molecule has 0 saturated heterocycles. The lowest BCUT2D eigenvalue weighted by Gasteiger charge is -2.07. The van der Waals surface area contributed by atoms with E-state index in [4.69, 9.17) is 4.74 Å². The third-order valence-electron chi connectivity index (χ3n) is 4.21. The van der Waals surface area contributed by atoms with Crippen molar-refractivity contribution in [3.63, 3.8) is 0 Å². The second-order valence-electron chi connectivity index (χ2n) is 5.95. The third kappa shape index (κ3) is 3.60. The van der Waals surface area contributed by atoms with Crippen LogP contribution >= 0.6 is 11.3 Å². The van der Waals surface area contributed by atoms with E-state index in [9.17, 15) is 9.59 Å². The first kappa shape index (κ1) is 18.1. The maximum Gasteiger partial charge on any atom is 0.202 e. The molecule has 6 heteroatoms. The quantitative estimate of drug-likeness (QED) is 0.580. The Balaban J connectivity index is 1.71. The number of hydrogen-bond donors (Lipinski definition) is 0. The van der Waals surface area contributed by atoms with E-state index in [1.807, 2.05) is 36.8 Å². The zero-order valence-electron chi connectivity index (χ0n) is 15.0. The van der Waals surface area contributed by atoms with E-state index in [1.165, 1.54) is 11.3 Å². The molecule has 5 nitrogen and oxygen atoms in total. The van der Waals surface area contributed by atoms with Gasteiger partial charge in [0.1, 0.15) is 5.75 Å². The summed E-state index contributed by atoms with van der Waals surface area (Å²) in [6, 6.07) is 8.75. The van der Waals surface area contributed by atoms with Gasteiger partial charge in [0.2, 0.25) is 5.78 Å². The molecule has 2 aromatic heterocycles. The van der Waals surface area contributed by atoms with E-state index in [0.29, 0.717) is 23.3 Å². The lowest BCUT2D eigenvalue weighted by Crippen LogP contribution is -2.12. The number of hydrogen-bond acceptors (Lipinski definition) is 5. The molecule has 0 unspecified atom stereocenters. The van der Waals surface area contributed by atoms with Crippen LogP contribution in [0.15, 0.2) is 41.9 Å². The molecule has 0 aliphatic heterocycles. The minimum Gasteiger partial charge on any atom is -0.485 e. The van der Waals surface area contributed by atoms with Gasteiger partial charge in [0.25, 0.3) is 0 Å². The summed E-state index contributed by atoms with van der Waals surface area (Å²) in [6.45, 7) is 5.64. The highest BCUT2D eigenvalue weighted by atomic mass is 32.1. The Morgan fingerprint density at radius 1 is 1.15 bits per heavy atom. The molecule has 3 rings (SSSR count). The summed E-state index contributed by atoms with van der Waals surface area (Å²) < 4.78 is 7.58. The molecule has 0 atom stereocenters. The molecule has 0 radical (unpaired) electrons. The number of thiazole rings is 1. The first-order valence-electron chi connectivity index (χ1n) is 8.39. The van der Waals surface area contributed by atoms with Gasteiger partial charge in [0.05, 0.1) is 0 Å². The smallest absolute Gasteiger partial charge is 0.202 e. The van der Waals surface area contributed by atoms with Gasteiger partial charge >= 0.3 is 0 Å². The maximum atomic E-state index is 12.6. The van der Waals surface area contributed by atoms with Crippen LogP contribution in [0.5, 0.6) is 5.75 Å². The average molecular weight is 368 g/mol. The highest BCUT2D eigenvalue weighted by molar-refractivity contribution is 7.12. The Labute approximate surface area is 156 Å². The van der Waals surface area contributed by atoms with Crippen molar-refractivity contribution in [2.45, 2.75) is 27.2 Å². The summed E-state index contributed by atoms with van der Waals surface area (Å²) in [6.07, 6.45) is 2.21. The zero-order valence-corrected chi connectivity index (χ0v) is 15.8. The molecule has 3 aromatic rings. The first-order chi connectivity index (χ1) is 12.5. The van der Waals surface area contributed by atoms with Gasteiger partial charge < -0.3 is 4.74 Å². The number of Topliss-reactive ketones (excluding diaryl/α,β-unsaturated/α-hetero) is 2. The molecule has 2 heterocycles. The summed E-state index contributed by atoms with van der Waals surface area (Å²) in [4.78, 5) is 28.5. The largest absolute Gasteiger partial charge is 0.485 e. The topological polar surface area (TPSA) is 61.2 Å². The fourth-order valence-electron chi connectivity index (χ4n) is 2.83. The molecule has 0 aliphatic carbocycles. The molecule has 0 bridgehead atoms. The molecule has 0 spiro atoms. The number of aryl methyl sites for hydroxylation is 1. The first-order valence-corrected chi connectivity index (χ1v) is 9.27. The number of aromatic nitrogens is 2. The van der Waals surface area contributed by atoms with Crippen LogP contribution in [-0.2, 0) is 0 Å². The Bertz CT molecular complexity index is 925. The zero-order chi connectivity index (χ0) is 18.7. The Morgan fingerprint density at radius 2 is 1.88 bits per heavy atom. The number of ketones is 2. The number of carbonyl (C=O) groups is 2. The Morgan fingerprint density at radius 3 is 2.50 bits per heavy atom. The van der Waals surface area contributed by atoms with E-state index in [-0.39, 0.29) is 18.2 Å². The van der Waals surface area contributed by atoms with E-state index in [2.05, 4.69) is 4.98 Å². The minimum absolute atomic E-state index is 0.0523. The van der Waals surface area contributed by atoms with Crippen molar-refractivity contribution in [3.05, 3.63) is 64.4 Å². The molecular formula is C20H20N2O3S. The predicted octanol–water partition coefficient (Wildman–Crippen LogP) is 4.41. The van der Waals surface area contributed by atoms with E-state index < -0.39 is 0 Å². The van der Waals surface area contributed by atoms with Gasteiger partial charge in [-0.05, 0) is 44.2 Å². The summed E-state index contributed by atoms with van der Waals surface area (Å²) >= 11 is 1.53. The number of carbonyl (C=O) groups excluding carboxylic acids is 2. The highest BCUT2D eigenvalue weighted by Crippen LogP contribution is 2.23. The standard InChI is InChI=1S/C20H20N2O3S/c1-4-18(23)15-5-7-16(8-6-15)25-12-19(24)17-11-13(2)22(14(17)3)20-21-9-10-26-20/h5-11H,4,12H2,1-3H3. The Hall–Kier alpha value is -2.73. The Kier molecular flexibility index (Phi) is 5.32. The van der Waals surface area contributed by atoms with Crippen molar-refractivity contribution in [1.29, 1.82) is 0 Å². The molecule has 0 saturated carbocycles. The monoisotopic (exact) mass is 368 g/mol. The van der Waals surface area contributed by atoms with E-state index >= 15 is 0 Å². The van der Waals surface area contributed by atoms with Crippen molar-refractivity contribution in [2.24, 2.45) is 0 Å². The van der Waals surface area contributed by atoms with Crippen LogP contribution in [0.4, 0.5) is 0 Å². The van der Waals surface area contributed by atoms with Crippen molar-refractivity contribution in [2.75, 3.05) is 6.61 Å². The van der Waals surface area contributed by atoms with Gasteiger partial charge in [0.15, 0.2) is 17.5 Å². The second-order valence-corrected chi connectivity index (χ2v) is 6.82. The number of benzene rings is 1. The third-order valence-corrected chi connectivity index (χ3v) is 4.97. The van der Waals surface area contributed by atoms with Crippen molar-refractivity contribution >= 4 is 22.9 Å². The molecular weight excluding hydrogens is 348 g/mol. The molecule has 0 amide bonds. The SMILES string of the molecule is CCC(=O)c1ccc(OCC(=O)c2cc(C)n(-c3nccs3)c2C)cc1. The van der Waals surface area contributed by atoms with Gasteiger partial charge in [-0.15, -0.1) is 11.3 Å². The number of ether oxygens (including phenoxy) is 1. The van der Waals surface area contributed by atoms with Crippen LogP contribution in [-0.4, -0.2) is 27.7 Å². The maximum absolute atomic E-state index is 12.6. The van der Waals surface area contributed by atoms with Crippen LogP contribution in [0.1, 0.15) is 45.4 Å². The van der Waals surface area contributed by atoms with Crippen LogP contribution in [0, 0.1) is 13.8 Å². The minimum atomic E-state index is -0.0883. The lowest BCUT2D eigenvalue weighted by molar-refractivity contribution is 0.0919. The lowest BCUT2D eigenvalue weighted by atomic mass is 10.1. The number of rotatable bonds is 7. The normalized spacial score (nSPS) is 10.7. The van der Waals surface area contributed by atoms with Crippen LogP contribution in [0.3, 0.4) is 0 Å². The molecule has 134 valence electrons. The van der Waals surface area contributed by atoms with Gasteiger partial charge in [-0.3, -0.25) is 14.2 Å². The summed E-state index contributed by atoms with van der Waals surface area (Å²) in [7, 11) is 0. The second kappa shape index (κ2) is 7.66. The fraction of sp³-hybridized carbons (Fsp3) is 0.250. The van der Waals surface area contributed by atoms with E-state index in [0.717, 1.165) is 16.5 Å². The van der Waals surface area contributed by atoms with Crippen LogP contribution in [0.2, 0.25) is 0 Å². The van der Waals surface area contributed by atoms with Crippen LogP contribution < -0.4 is 4.74 Å². The molecule has 26 heavy (non-hydrogen) atoms. The summed E-state index contributed by atoms with van der Waals surface area (Å²) in [5, 5.41) is 2.75. The van der Waals surface area contributed by atoms with Crippen molar-refractivity contribution < 1.29 is 14.3 Å². The molecule has 0 N–H and O–H groups in total. The van der Waals surface area contributed by atoms with Gasteiger partial charge in [-0.25, -0.2) is 4.98 Å².